The van der Waals surface area contributed by atoms with E-state index in [1.54, 1.807) is 0 Å². The summed E-state index contributed by atoms with van der Waals surface area (Å²) in [5, 5.41) is 4.56. The van der Waals surface area contributed by atoms with Crippen molar-refractivity contribution in [1.29, 1.82) is 0 Å². The summed E-state index contributed by atoms with van der Waals surface area (Å²) in [4.78, 5) is 17.4. The number of benzene rings is 9. The van der Waals surface area contributed by atoms with Crippen molar-refractivity contribution in [2.24, 2.45) is 5.11 Å². The molecular formula is C82H83N3O16. The zero-order valence-electron chi connectivity index (χ0n) is 55.9. The molecule has 13 rings (SSSR count). The van der Waals surface area contributed by atoms with Crippen LogP contribution in [-0.4, -0.2) is 117 Å². The Kier molecular flexibility index (Phi) is 25.5. The molecule has 3 aliphatic heterocycles. The number of nitrogens with zero attached hydrogens (tertiary/aromatic N) is 3. The van der Waals surface area contributed by atoms with Gasteiger partial charge in [0, 0.05) is 4.91 Å². The van der Waals surface area contributed by atoms with E-state index in [0.717, 1.165) is 50.1 Å². The number of ether oxygens (including phenoxy) is 15. The third kappa shape index (κ3) is 19.4. The van der Waals surface area contributed by atoms with Crippen molar-refractivity contribution < 1.29 is 75.8 Å². The van der Waals surface area contributed by atoms with Gasteiger partial charge in [-0.3, -0.25) is 0 Å². The van der Waals surface area contributed by atoms with Gasteiger partial charge in [-0.1, -0.05) is 278 Å². The molecule has 4 fully saturated rings. The minimum Gasteiger partial charge on any atom is -0.424 e. The third-order valence-electron chi connectivity index (χ3n) is 18.2. The summed E-state index contributed by atoms with van der Waals surface area (Å²) in [5.41, 5.74) is 18.9. The molecule has 9 aromatic rings. The van der Waals surface area contributed by atoms with Gasteiger partial charge in [0.1, 0.15) is 73.2 Å². The van der Waals surface area contributed by atoms with E-state index >= 15 is 0 Å². The van der Waals surface area contributed by atoms with Crippen LogP contribution in [0.15, 0.2) is 278 Å². The first-order valence-electron chi connectivity index (χ1n) is 34.3. The first-order valence-corrected chi connectivity index (χ1v) is 34.3. The second kappa shape index (κ2) is 36.6. The van der Waals surface area contributed by atoms with Gasteiger partial charge >= 0.3 is 6.16 Å². The molecular weight excluding hydrogens is 1280 g/mol. The molecule has 3 saturated heterocycles. The third-order valence-corrected chi connectivity index (χ3v) is 18.2. The molecule has 3 heterocycles. The molecule has 9 aromatic carbocycles. The van der Waals surface area contributed by atoms with Crippen LogP contribution in [0.5, 0.6) is 0 Å². The van der Waals surface area contributed by atoms with Gasteiger partial charge in [0.25, 0.3) is 0 Å². The van der Waals surface area contributed by atoms with Crippen LogP contribution in [0.1, 0.15) is 50.1 Å². The second-order valence-electron chi connectivity index (χ2n) is 25.2. The van der Waals surface area contributed by atoms with E-state index in [4.69, 9.17) is 71.1 Å². The minimum absolute atomic E-state index is 0.00102. The van der Waals surface area contributed by atoms with Crippen molar-refractivity contribution in [2.75, 3.05) is 13.2 Å². The predicted molar refractivity (Wildman–Crippen MR) is 372 cm³/mol. The van der Waals surface area contributed by atoms with Crippen molar-refractivity contribution in [3.8, 4) is 0 Å². The van der Waals surface area contributed by atoms with Gasteiger partial charge in [0.05, 0.1) is 72.7 Å². The van der Waals surface area contributed by atoms with E-state index in [0.29, 0.717) is 0 Å². The first-order chi connectivity index (χ1) is 50.0. The number of hydrogen-bond donors (Lipinski definition) is 0. The predicted octanol–water partition coefficient (Wildman–Crippen LogP) is 14.3. The summed E-state index contributed by atoms with van der Waals surface area (Å²) in [5.74, 6) is 0. The Hall–Kier alpha value is -8.96. The van der Waals surface area contributed by atoms with E-state index in [9.17, 15) is 10.3 Å². The number of hydrogen-bond acceptors (Lipinski definition) is 17. The Balaban J connectivity index is 0.910. The molecule has 0 N–H and O–H groups in total. The molecule has 0 spiro atoms. The molecule has 0 unspecified atom stereocenters. The normalized spacial score (nSPS) is 26.2. The molecule has 522 valence electrons. The Morgan fingerprint density at radius 2 is 0.564 bits per heavy atom. The number of fused-ring (bicyclic) bond motifs is 1. The average Bonchev–Trinajstić information content (AvgIpc) is 1.74. The fraction of sp³-hybridized carbons (Fsp3) is 0.329. The van der Waals surface area contributed by atoms with Gasteiger partial charge in [-0.2, -0.15) is 0 Å². The molecule has 101 heavy (non-hydrogen) atoms. The first kappa shape index (κ1) is 70.5. The van der Waals surface area contributed by atoms with Crippen LogP contribution in [0.25, 0.3) is 10.4 Å². The Morgan fingerprint density at radius 3 is 0.931 bits per heavy atom. The number of carbonyl (C=O) groups is 1. The lowest BCUT2D eigenvalue weighted by Gasteiger charge is -2.51. The maximum atomic E-state index is 13.9. The summed E-state index contributed by atoms with van der Waals surface area (Å²) in [6.45, 7) is 1.06. The van der Waals surface area contributed by atoms with Crippen molar-refractivity contribution in [1.82, 2.24) is 0 Å². The Morgan fingerprint density at radius 1 is 0.297 bits per heavy atom. The minimum atomic E-state index is -1.52. The molecule has 16 atom stereocenters. The van der Waals surface area contributed by atoms with Crippen LogP contribution in [0, 0.1) is 0 Å². The highest BCUT2D eigenvalue weighted by molar-refractivity contribution is 5.63. The lowest BCUT2D eigenvalue weighted by Crippen LogP contribution is -2.68. The van der Waals surface area contributed by atoms with Crippen molar-refractivity contribution in [3.63, 3.8) is 0 Å². The van der Waals surface area contributed by atoms with Gasteiger partial charge < -0.3 is 71.1 Å². The van der Waals surface area contributed by atoms with Gasteiger partial charge in [-0.15, -0.1) is 0 Å². The monoisotopic (exact) mass is 1370 g/mol. The van der Waals surface area contributed by atoms with Crippen LogP contribution >= 0.6 is 0 Å². The zero-order chi connectivity index (χ0) is 68.6. The fourth-order valence-electron chi connectivity index (χ4n) is 13.1. The highest BCUT2D eigenvalue weighted by Gasteiger charge is 2.62. The fourth-order valence-corrected chi connectivity index (χ4v) is 13.1. The summed E-state index contributed by atoms with van der Waals surface area (Å²) in [6, 6.07) is 86.5. The Labute approximate surface area is 588 Å². The van der Waals surface area contributed by atoms with E-state index < -0.39 is 104 Å². The van der Waals surface area contributed by atoms with Gasteiger partial charge in [-0.25, -0.2) is 4.79 Å². The van der Waals surface area contributed by atoms with Crippen molar-refractivity contribution in [2.45, 2.75) is 157 Å². The molecule has 0 radical (unpaired) electrons. The van der Waals surface area contributed by atoms with Crippen molar-refractivity contribution >= 4 is 6.16 Å². The van der Waals surface area contributed by atoms with Crippen molar-refractivity contribution in [3.05, 3.63) is 334 Å². The molecule has 0 amide bonds. The molecule has 19 heteroatoms. The van der Waals surface area contributed by atoms with E-state index in [1.807, 2.05) is 273 Å². The number of rotatable bonds is 34. The standard InChI is InChI=1S/C82H83N3O16/c83-85-84-68-71(90-49-60-34-16-4-17-35-60)70(98-81-79(95-54-65-44-26-9-27-45-65)72(91-50-61-36-18-5-19-37-61)69(89-48-59-32-14-3-15-33-59)66(97-81)55-87-46-57-28-10-1-11-29-57)67(56-88-47-58-30-12-2-13-31-58)96-80(68)99-76-74(93-52-63-40-22-7-23-41-63)73(92-51-62-38-20-6-21-39-62)75(77-78(76)101-82(86)100-77)94-53-64-42-24-8-25-43-64/h1-45,66-81H,46-56H2/t66-,67-,68-,69-,70-,71-,72+,73+,74+,75-,76-,77-,78+,79+,80-,81-/m1/s1. The van der Waals surface area contributed by atoms with Crippen LogP contribution in [-0.2, 0) is 131 Å². The SMILES string of the molecule is [N-]=[N+]=N[C@H]1[C@@H](O[C@@H]2[C@@H](OCc3ccccc3)[C@H](OCc3ccccc3)[C@@H](OCc3ccccc3)[C@H]3OC(=O)O[C@H]32)O[C@H](COCc2ccccc2)[C@@H](O[C@H]2O[C@H](COCc3ccccc3)[C@@H](OCc3ccccc3)[C@H](OCc3ccccc3)[C@@H]2OCc2ccccc2)[C@@H]1OCc1ccccc1. The maximum Gasteiger partial charge on any atom is 0.509 e. The van der Waals surface area contributed by atoms with E-state index in [2.05, 4.69) is 10.0 Å². The van der Waals surface area contributed by atoms with Crippen LogP contribution in [0.3, 0.4) is 0 Å². The summed E-state index contributed by atoms with van der Waals surface area (Å²) < 4.78 is 105. The summed E-state index contributed by atoms with van der Waals surface area (Å²) >= 11 is 0. The molecule has 1 saturated carbocycles. The van der Waals surface area contributed by atoms with Crippen LogP contribution < -0.4 is 0 Å². The largest absolute Gasteiger partial charge is 0.509 e. The second-order valence-corrected chi connectivity index (χ2v) is 25.2. The molecule has 1 aliphatic carbocycles. The molecule has 0 aromatic heterocycles. The summed E-state index contributed by atoms with van der Waals surface area (Å²) in [6.07, 6.45) is -17.7. The Bertz CT molecular complexity index is 3920. The maximum absolute atomic E-state index is 13.9. The van der Waals surface area contributed by atoms with Gasteiger partial charge in [-0.05, 0) is 55.6 Å². The van der Waals surface area contributed by atoms with Gasteiger partial charge in [0.2, 0.25) is 0 Å². The smallest absolute Gasteiger partial charge is 0.424 e. The van der Waals surface area contributed by atoms with Crippen LogP contribution in [0.2, 0.25) is 0 Å². The number of azide groups is 1. The zero-order valence-corrected chi connectivity index (χ0v) is 55.9. The quantitative estimate of drug-likeness (QED) is 0.0159. The number of carbonyl (C=O) groups excluding carboxylic acids is 1. The van der Waals surface area contributed by atoms with Gasteiger partial charge in [0.15, 0.2) is 24.8 Å². The van der Waals surface area contributed by atoms with Crippen LogP contribution in [0.4, 0.5) is 4.79 Å². The molecule has 4 aliphatic rings. The lowest BCUT2D eigenvalue weighted by molar-refractivity contribution is -0.371. The average molecular weight is 1370 g/mol. The molecule has 19 nitrogen and oxygen atoms in total. The van der Waals surface area contributed by atoms with E-state index in [1.165, 1.54) is 0 Å². The highest BCUT2D eigenvalue weighted by Crippen LogP contribution is 2.42. The van der Waals surface area contributed by atoms with E-state index in [-0.39, 0.29) is 72.7 Å². The summed E-state index contributed by atoms with van der Waals surface area (Å²) in [7, 11) is 0. The highest BCUT2D eigenvalue weighted by atomic mass is 16.8. The molecule has 0 bridgehead atoms. The lowest BCUT2D eigenvalue weighted by atomic mass is 9.83. The topological polar surface area (TPSA) is 204 Å².